The predicted molar refractivity (Wildman–Crippen MR) is 97.0 cm³/mol. The van der Waals surface area contributed by atoms with Crippen LogP contribution in [-0.2, 0) is 11.2 Å². The van der Waals surface area contributed by atoms with Gasteiger partial charge in [0.25, 0.3) is 0 Å². The molecule has 0 aliphatic carbocycles. The second-order valence-corrected chi connectivity index (χ2v) is 6.39. The molecule has 24 heavy (non-hydrogen) atoms. The van der Waals surface area contributed by atoms with Gasteiger partial charge in [-0.05, 0) is 37.0 Å². The molecule has 126 valence electrons. The second-order valence-electron chi connectivity index (χ2n) is 6.39. The van der Waals surface area contributed by atoms with E-state index in [1.165, 1.54) is 5.56 Å². The van der Waals surface area contributed by atoms with Gasteiger partial charge in [0.15, 0.2) is 0 Å². The molecule has 1 fully saturated rings. The van der Waals surface area contributed by atoms with Crippen LogP contribution >= 0.6 is 0 Å². The number of nitrogens with zero attached hydrogens (tertiary/aromatic N) is 3. The van der Waals surface area contributed by atoms with Crippen LogP contribution in [0.2, 0.25) is 0 Å². The number of carbonyl (C=O) groups excluding carboxylic acids is 1. The molecule has 0 radical (unpaired) electrons. The third kappa shape index (κ3) is 4.20. The van der Waals surface area contributed by atoms with Crippen molar-refractivity contribution in [2.75, 3.05) is 24.5 Å². The van der Waals surface area contributed by atoms with E-state index < -0.39 is 0 Å². The van der Waals surface area contributed by atoms with Gasteiger partial charge in [0.2, 0.25) is 5.91 Å². The van der Waals surface area contributed by atoms with Gasteiger partial charge in [0.05, 0.1) is 0 Å². The summed E-state index contributed by atoms with van der Waals surface area (Å²) >= 11 is 0. The number of hydrogen-bond acceptors (Lipinski definition) is 3. The SMILES string of the molecule is CC(=O)N(c1ccccn1)C1CCN(CCc2ccccc2)CC1. The van der Waals surface area contributed by atoms with Crippen LogP contribution in [0.15, 0.2) is 54.7 Å². The number of aromatic nitrogens is 1. The van der Waals surface area contributed by atoms with Crippen LogP contribution in [0.1, 0.15) is 25.3 Å². The summed E-state index contributed by atoms with van der Waals surface area (Å²) in [6, 6.07) is 16.6. The molecule has 0 saturated carbocycles. The Kier molecular flexibility index (Phi) is 5.59. The highest BCUT2D eigenvalue weighted by molar-refractivity contribution is 5.91. The maximum absolute atomic E-state index is 12.1. The number of benzene rings is 1. The van der Waals surface area contributed by atoms with Crippen LogP contribution in [-0.4, -0.2) is 41.5 Å². The van der Waals surface area contributed by atoms with E-state index in [0.717, 1.165) is 44.7 Å². The fraction of sp³-hybridized carbons (Fsp3) is 0.400. The molecule has 2 heterocycles. The second kappa shape index (κ2) is 8.06. The molecule has 4 nitrogen and oxygen atoms in total. The number of likely N-dealkylation sites (tertiary alicyclic amines) is 1. The Morgan fingerprint density at radius 1 is 1.12 bits per heavy atom. The van der Waals surface area contributed by atoms with Crippen LogP contribution in [0.4, 0.5) is 5.82 Å². The van der Waals surface area contributed by atoms with Crippen molar-refractivity contribution in [3.8, 4) is 0 Å². The molecule has 0 unspecified atom stereocenters. The van der Waals surface area contributed by atoms with Gasteiger partial charge in [-0.15, -0.1) is 0 Å². The number of rotatable bonds is 5. The number of amides is 1. The molecular weight excluding hydrogens is 298 g/mol. The lowest BCUT2D eigenvalue weighted by molar-refractivity contribution is -0.117. The Morgan fingerprint density at radius 2 is 1.83 bits per heavy atom. The fourth-order valence-corrected chi connectivity index (χ4v) is 3.43. The molecule has 3 rings (SSSR count). The van der Waals surface area contributed by atoms with Gasteiger partial charge >= 0.3 is 0 Å². The normalized spacial score (nSPS) is 16.0. The van der Waals surface area contributed by atoms with Crippen molar-refractivity contribution in [2.24, 2.45) is 0 Å². The van der Waals surface area contributed by atoms with Crippen molar-refractivity contribution < 1.29 is 4.79 Å². The van der Waals surface area contributed by atoms with E-state index in [1.54, 1.807) is 13.1 Å². The Hall–Kier alpha value is -2.20. The minimum Gasteiger partial charge on any atom is -0.303 e. The topological polar surface area (TPSA) is 36.4 Å². The maximum Gasteiger partial charge on any atom is 0.225 e. The van der Waals surface area contributed by atoms with Gasteiger partial charge in [0, 0.05) is 38.8 Å². The lowest BCUT2D eigenvalue weighted by Crippen LogP contribution is -2.47. The van der Waals surface area contributed by atoms with Gasteiger partial charge in [-0.25, -0.2) is 4.98 Å². The van der Waals surface area contributed by atoms with Crippen LogP contribution in [0, 0.1) is 0 Å². The van der Waals surface area contributed by atoms with Crippen molar-refractivity contribution in [1.29, 1.82) is 0 Å². The molecule has 1 aliphatic rings. The number of piperidine rings is 1. The third-order valence-electron chi connectivity index (χ3n) is 4.72. The smallest absolute Gasteiger partial charge is 0.225 e. The minimum atomic E-state index is 0.0800. The summed E-state index contributed by atoms with van der Waals surface area (Å²) in [5.41, 5.74) is 1.39. The number of pyridine rings is 1. The first-order valence-corrected chi connectivity index (χ1v) is 8.71. The van der Waals surface area contributed by atoms with E-state index in [9.17, 15) is 4.79 Å². The highest BCUT2D eigenvalue weighted by atomic mass is 16.2. The molecule has 1 aromatic carbocycles. The summed E-state index contributed by atoms with van der Waals surface area (Å²) in [4.78, 5) is 20.8. The van der Waals surface area contributed by atoms with Gasteiger partial charge in [0.1, 0.15) is 5.82 Å². The first kappa shape index (κ1) is 16.7. The predicted octanol–water partition coefficient (Wildman–Crippen LogP) is 3.14. The molecule has 4 heteroatoms. The molecule has 1 amide bonds. The summed E-state index contributed by atoms with van der Waals surface area (Å²) in [6.07, 6.45) is 4.85. The van der Waals surface area contributed by atoms with E-state index in [4.69, 9.17) is 0 Å². The summed E-state index contributed by atoms with van der Waals surface area (Å²) in [5.74, 6) is 0.851. The van der Waals surface area contributed by atoms with Crippen molar-refractivity contribution in [2.45, 2.75) is 32.2 Å². The molecule has 1 aliphatic heterocycles. The van der Waals surface area contributed by atoms with Crippen LogP contribution in [0.3, 0.4) is 0 Å². The molecule has 1 aromatic heterocycles. The molecule has 1 saturated heterocycles. The standard InChI is InChI=1S/C20H25N3O/c1-17(24)23(20-9-5-6-13-21-20)19-11-15-22(16-12-19)14-10-18-7-3-2-4-8-18/h2-9,13,19H,10-12,14-16H2,1H3. The zero-order valence-corrected chi connectivity index (χ0v) is 14.3. The van der Waals surface area contributed by atoms with E-state index in [0.29, 0.717) is 0 Å². The van der Waals surface area contributed by atoms with Crippen LogP contribution < -0.4 is 4.90 Å². The molecule has 0 bridgehead atoms. The first-order valence-electron chi connectivity index (χ1n) is 8.71. The third-order valence-corrected chi connectivity index (χ3v) is 4.72. The Bertz CT molecular complexity index is 636. The molecule has 0 N–H and O–H groups in total. The van der Waals surface area contributed by atoms with Gasteiger partial charge < -0.3 is 4.90 Å². The van der Waals surface area contributed by atoms with E-state index in [-0.39, 0.29) is 11.9 Å². The van der Waals surface area contributed by atoms with E-state index >= 15 is 0 Å². The first-order chi connectivity index (χ1) is 11.7. The lowest BCUT2D eigenvalue weighted by atomic mass is 10.0. The van der Waals surface area contributed by atoms with Crippen molar-refractivity contribution in [1.82, 2.24) is 9.88 Å². The van der Waals surface area contributed by atoms with Crippen molar-refractivity contribution >= 4 is 11.7 Å². The zero-order valence-electron chi connectivity index (χ0n) is 14.3. The summed E-state index contributed by atoms with van der Waals surface area (Å²) in [5, 5.41) is 0. The van der Waals surface area contributed by atoms with E-state index in [2.05, 4.69) is 40.2 Å². The maximum atomic E-state index is 12.1. The van der Waals surface area contributed by atoms with Gasteiger partial charge in [-0.1, -0.05) is 36.4 Å². The van der Waals surface area contributed by atoms with Crippen LogP contribution in [0.25, 0.3) is 0 Å². The fourth-order valence-electron chi connectivity index (χ4n) is 3.43. The van der Waals surface area contributed by atoms with Crippen molar-refractivity contribution in [3.05, 3.63) is 60.3 Å². The number of anilines is 1. The molecule has 0 spiro atoms. The average Bonchev–Trinajstić information content (AvgIpc) is 2.63. The summed E-state index contributed by atoms with van der Waals surface area (Å²) in [7, 11) is 0. The van der Waals surface area contributed by atoms with Crippen molar-refractivity contribution in [3.63, 3.8) is 0 Å². The number of hydrogen-bond donors (Lipinski definition) is 0. The Labute approximate surface area is 144 Å². The van der Waals surface area contributed by atoms with Gasteiger partial charge in [-0.2, -0.15) is 0 Å². The van der Waals surface area contributed by atoms with Crippen LogP contribution in [0.5, 0.6) is 0 Å². The molecule has 2 aromatic rings. The Balaban J connectivity index is 1.54. The summed E-state index contributed by atoms with van der Waals surface area (Å²) in [6.45, 7) is 4.79. The summed E-state index contributed by atoms with van der Waals surface area (Å²) < 4.78 is 0. The molecule has 0 atom stereocenters. The highest BCUT2D eigenvalue weighted by Gasteiger charge is 2.27. The minimum absolute atomic E-state index is 0.0800. The lowest BCUT2D eigenvalue weighted by Gasteiger charge is -2.37. The molecular formula is C20H25N3O. The Morgan fingerprint density at radius 3 is 2.46 bits per heavy atom. The van der Waals surface area contributed by atoms with Gasteiger partial charge in [-0.3, -0.25) is 9.69 Å². The quantitative estimate of drug-likeness (QED) is 0.848. The van der Waals surface area contributed by atoms with E-state index in [1.807, 2.05) is 23.1 Å². The zero-order chi connectivity index (χ0) is 16.8. The monoisotopic (exact) mass is 323 g/mol. The largest absolute Gasteiger partial charge is 0.303 e. The number of carbonyl (C=O) groups is 1. The highest BCUT2D eigenvalue weighted by Crippen LogP contribution is 2.22. The average molecular weight is 323 g/mol.